The van der Waals surface area contributed by atoms with Crippen molar-refractivity contribution in [1.82, 2.24) is 4.90 Å². The monoisotopic (exact) mass is 252 g/mol. The van der Waals surface area contributed by atoms with E-state index >= 15 is 0 Å². The number of hydrogen-bond acceptors (Lipinski definition) is 2. The lowest BCUT2D eigenvalue weighted by Crippen LogP contribution is -2.43. The fourth-order valence-electron chi connectivity index (χ4n) is 3.79. The van der Waals surface area contributed by atoms with Crippen LogP contribution in [-0.4, -0.2) is 30.6 Å². The van der Waals surface area contributed by atoms with Crippen molar-refractivity contribution in [1.29, 1.82) is 0 Å². The highest BCUT2D eigenvalue weighted by Gasteiger charge is 2.28. The van der Waals surface area contributed by atoms with Crippen LogP contribution in [0.25, 0.3) is 0 Å². The maximum absolute atomic E-state index is 6.36. The highest BCUT2D eigenvalue weighted by atomic mass is 15.1. The van der Waals surface area contributed by atoms with Crippen LogP contribution < -0.4 is 5.73 Å². The van der Waals surface area contributed by atoms with Gasteiger partial charge in [-0.05, 0) is 57.0 Å². The largest absolute Gasteiger partial charge is 0.327 e. The van der Waals surface area contributed by atoms with Gasteiger partial charge in [0, 0.05) is 12.6 Å². The third-order valence-corrected chi connectivity index (χ3v) is 5.17. The first kappa shape index (κ1) is 14.3. The van der Waals surface area contributed by atoms with Crippen LogP contribution in [0.3, 0.4) is 0 Å². The molecule has 2 N–H and O–H groups in total. The van der Waals surface area contributed by atoms with Gasteiger partial charge in [0.2, 0.25) is 0 Å². The van der Waals surface area contributed by atoms with E-state index in [9.17, 15) is 0 Å². The molecule has 1 aliphatic carbocycles. The van der Waals surface area contributed by atoms with E-state index in [0.717, 1.165) is 11.8 Å². The number of nitrogens with zero attached hydrogens (tertiary/aromatic N) is 1. The molecule has 2 aliphatic rings. The van der Waals surface area contributed by atoms with E-state index < -0.39 is 0 Å². The fourth-order valence-corrected chi connectivity index (χ4v) is 3.79. The number of nitrogens with two attached hydrogens (primary N) is 1. The Labute approximate surface area is 113 Å². The lowest BCUT2D eigenvalue weighted by atomic mass is 9.77. The molecule has 0 radical (unpaired) electrons. The number of hydrogen-bond donors (Lipinski definition) is 1. The van der Waals surface area contributed by atoms with Crippen LogP contribution >= 0.6 is 0 Å². The predicted molar refractivity (Wildman–Crippen MR) is 78.6 cm³/mol. The molecule has 0 bridgehead atoms. The zero-order chi connectivity index (χ0) is 12.8. The Balaban J connectivity index is 1.81. The van der Waals surface area contributed by atoms with Crippen molar-refractivity contribution in [2.45, 2.75) is 70.8 Å². The fraction of sp³-hybridized carbons (Fsp3) is 1.00. The van der Waals surface area contributed by atoms with Crippen LogP contribution in [0, 0.1) is 11.8 Å². The zero-order valence-electron chi connectivity index (χ0n) is 12.2. The lowest BCUT2D eigenvalue weighted by Gasteiger charge is -2.37. The number of rotatable bonds is 3. The summed E-state index contributed by atoms with van der Waals surface area (Å²) in [7, 11) is 0. The quantitative estimate of drug-likeness (QED) is 0.834. The minimum Gasteiger partial charge on any atom is -0.327 e. The minimum absolute atomic E-state index is 0.471. The maximum atomic E-state index is 6.36. The molecule has 1 saturated heterocycles. The summed E-state index contributed by atoms with van der Waals surface area (Å²) in [5, 5.41) is 0. The van der Waals surface area contributed by atoms with Gasteiger partial charge in [0.25, 0.3) is 0 Å². The van der Waals surface area contributed by atoms with Gasteiger partial charge in [0.15, 0.2) is 0 Å². The SMILES string of the molecule is CCC1CCC(N)C(CN2CCCCCCC2)C1. The summed E-state index contributed by atoms with van der Waals surface area (Å²) in [4.78, 5) is 2.71. The molecule has 2 nitrogen and oxygen atoms in total. The van der Waals surface area contributed by atoms with E-state index in [1.165, 1.54) is 77.4 Å². The highest BCUT2D eigenvalue weighted by Crippen LogP contribution is 2.31. The van der Waals surface area contributed by atoms with Gasteiger partial charge < -0.3 is 10.6 Å². The molecular weight excluding hydrogens is 220 g/mol. The standard InChI is InChI=1S/C16H32N2/c1-2-14-8-9-16(17)15(12-14)13-18-10-6-4-3-5-7-11-18/h14-16H,2-13,17H2,1H3. The molecule has 2 fully saturated rings. The molecule has 2 rings (SSSR count). The summed E-state index contributed by atoms with van der Waals surface area (Å²) in [6, 6.07) is 0.471. The van der Waals surface area contributed by atoms with Crippen molar-refractivity contribution in [3.63, 3.8) is 0 Å². The first-order chi connectivity index (χ1) is 8.79. The van der Waals surface area contributed by atoms with Gasteiger partial charge in [0.1, 0.15) is 0 Å². The predicted octanol–water partition coefficient (Wildman–Crippen LogP) is 3.41. The molecule has 3 atom stereocenters. The van der Waals surface area contributed by atoms with E-state index in [1.807, 2.05) is 0 Å². The van der Waals surface area contributed by atoms with Crippen molar-refractivity contribution in [3.8, 4) is 0 Å². The Morgan fingerprint density at radius 3 is 2.33 bits per heavy atom. The molecule has 1 saturated carbocycles. The third kappa shape index (κ3) is 4.24. The van der Waals surface area contributed by atoms with Crippen molar-refractivity contribution in [3.05, 3.63) is 0 Å². The molecule has 0 aromatic carbocycles. The Bertz CT molecular complexity index is 221. The number of likely N-dealkylation sites (tertiary alicyclic amines) is 1. The van der Waals surface area contributed by atoms with Gasteiger partial charge in [-0.1, -0.05) is 32.6 Å². The smallest absolute Gasteiger partial charge is 0.00795 e. The second kappa shape index (κ2) is 7.49. The average molecular weight is 252 g/mol. The highest BCUT2D eigenvalue weighted by molar-refractivity contribution is 4.84. The normalized spacial score (nSPS) is 36.0. The summed E-state index contributed by atoms with van der Waals surface area (Å²) >= 11 is 0. The molecule has 0 spiro atoms. The first-order valence-corrected chi connectivity index (χ1v) is 8.27. The molecular formula is C16H32N2. The van der Waals surface area contributed by atoms with Crippen LogP contribution in [-0.2, 0) is 0 Å². The Kier molecular flexibility index (Phi) is 5.97. The van der Waals surface area contributed by atoms with Gasteiger partial charge in [-0.3, -0.25) is 0 Å². The van der Waals surface area contributed by atoms with Crippen LogP contribution in [0.15, 0.2) is 0 Å². The van der Waals surface area contributed by atoms with E-state index in [0.29, 0.717) is 6.04 Å². The van der Waals surface area contributed by atoms with Crippen LogP contribution in [0.1, 0.15) is 64.7 Å². The van der Waals surface area contributed by atoms with E-state index in [2.05, 4.69) is 11.8 Å². The lowest BCUT2D eigenvalue weighted by molar-refractivity contribution is 0.146. The molecule has 2 heteroatoms. The van der Waals surface area contributed by atoms with Crippen molar-refractivity contribution < 1.29 is 0 Å². The second-order valence-corrected chi connectivity index (χ2v) is 6.58. The van der Waals surface area contributed by atoms with Crippen molar-refractivity contribution >= 4 is 0 Å². The zero-order valence-corrected chi connectivity index (χ0v) is 12.2. The summed E-state index contributed by atoms with van der Waals surface area (Å²) < 4.78 is 0. The first-order valence-electron chi connectivity index (χ1n) is 8.27. The van der Waals surface area contributed by atoms with E-state index in [-0.39, 0.29) is 0 Å². The summed E-state index contributed by atoms with van der Waals surface area (Å²) in [5.74, 6) is 1.72. The molecule has 0 amide bonds. The average Bonchev–Trinajstić information content (AvgIpc) is 2.35. The van der Waals surface area contributed by atoms with Gasteiger partial charge in [-0.2, -0.15) is 0 Å². The molecule has 106 valence electrons. The molecule has 18 heavy (non-hydrogen) atoms. The van der Waals surface area contributed by atoms with E-state index in [1.54, 1.807) is 0 Å². The second-order valence-electron chi connectivity index (χ2n) is 6.58. The summed E-state index contributed by atoms with van der Waals surface area (Å²) in [6.45, 7) is 6.26. The topological polar surface area (TPSA) is 29.3 Å². The molecule has 1 aliphatic heterocycles. The van der Waals surface area contributed by atoms with Crippen LogP contribution in [0.2, 0.25) is 0 Å². The van der Waals surface area contributed by atoms with Crippen LogP contribution in [0.5, 0.6) is 0 Å². The Morgan fingerprint density at radius 1 is 1.00 bits per heavy atom. The van der Waals surface area contributed by atoms with Gasteiger partial charge in [-0.15, -0.1) is 0 Å². The van der Waals surface area contributed by atoms with Gasteiger partial charge in [-0.25, -0.2) is 0 Å². The summed E-state index contributed by atoms with van der Waals surface area (Å²) in [6.07, 6.45) is 12.5. The van der Waals surface area contributed by atoms with Crippen LogP contribution in [0.4, 0.5) is 0 Å². The molecule has 3 unspecified atom stereocenters. The third-order valence-electron chi connectivity index (χ3n) is 5.17. The van der Waals surface area contributed by atoms with Crippen molar-refractivity contribution in [2.24, 2.45) is 17.6 Å². The van der Waals surface area contributed by atoms with E-state index in [4.69, 9.17) is 5.73 Å². The maximum Gasteiger partial charge on any atom is 0.00795 e. The molecule has 1 heterocycles. The molecule has 0 aromatic rings. The van der Waals surface area contributed by atoms with Gasteiger partial charge in [0.05, 0.1) is 0 Å². The van der Waals surface area contributed by atoms with Crippen molar-refractivity contribution in [2.75, 3.05) is 19.6 Å². The Morgan fingerprint density at radius 2 is 1.67 bits per heavy atom. The minimum atomic E-state index is 0.471. The Hall–Kier alpha value is -0.0800. The van der Waals surface area contributed by atoms with Gasteiger partial charge >= 0.3 is 0 Å². The summed E-state index contributed by atoms with van der Waals surface area (Å²) in [5.41, 5.74) is 6.36. The molecule has 0 aromatic heterocycles.